The average molecular weight is 496 g/mol. The summed E-state index contributed by atoms with van der Waals surface area (Å²) in [7, 11) is 1.22. The van der Waals surface area contributed by atoms with Crippen molar-refractivity contribution in [3.63, 3.8) is 0 Å². The van der Waals surface area contributed by atoms with Gasteiger partial charge in [0.1, 0.15) is 17.4 Å². The second-order valence-electron chi connectivity index (χ2n) is 8.24. The molecule has 2 aromatic carbocycles. The molecular weight excluding hydrogens is 474 g/mol. The van der Waals surface area contributed by atoms with Gasteiger partial charge in [0.15, 0.2) is 17.5 Å². The maximum Gasteiger partial charge on any atom is 0.416 e. The Morgan fingerprint density at radius 2 is 1.66 bits per heavy atom. The number of carbonyl (C=O) groups excluding carboxylic acids is 1. The van der Waals surface area contributed by atoms with Gasteiger partial charge in [0.25, 0.3) is 0 Å². The molecule has 0 aromatic heterocycles. The van der Waals surface area contributed by atoms with Crippen molar-refractivity contribution in [2.24, 2.45) is 0 Å². The van der Waals surface area contributed by atoms with E-state index in [0.717, 1.165) is 17.7 Å². The van der Waals surface area contributed by atoms with E-state index in [1.165, 1.54) is 25.3 Å². The van der Waals surface area contributed by atoms with Gasteiger partial charge in [0, 0.05) is 18.1 Å². The number of ether oxygens (including phenoxy) is 2. The zero-order valence-corrected chi connectivity index (χ0v) is 19.1. The van der Waals surface area contributed by atoms with Gasteiger partial charge in [-0.25, -0.2) is 13.2 Å². The van der Waals surface area contributed by atoms with Gasteiger partial charge in [-0.15, -0.1) is 0 Å². The molecular formula is C26H22F6O3. The fraction of sp³-hybridized carbons (Fsp3) is 0.269. The highest BCUT2D eigenvalue weighted by atomic mass is 19.4. The Morgan fingerprint density at radius 1 is 1.03 bits per heavy atom. The quantitative estimate of drug-likeness (QED) is 0.178. The molecule has 186 valence electrons. The lowest BCUT2D eigenvalue weighted by Gasteiger charge is -2.21. The monoisotopic (exact) mass is 496 g/mol. The first-order valence-corrected chi connectivity index (χ1v) is 10.5. The molecule has 0 aliphatic heterocycles. The van der Waals surface area contributed by atoms with Crippen molar-refractivity contribution in [3.8, 4) is 11.5 Å². The van der Waals surface area contributed by atoms with Crippen LogP contribution in [-0.2, 0) is 9.53 Å². The lowest BCUT2D eigenvalue weighted by molar-refractivity contribution is -0.141. The Hall–Kier alpha value is -3.49. The molecule has 0 bridgehead atoms. The molecule has 2 unspecified atom stereocenters. The van der Waals surface area contributed by atoms with Crippen molar-refractivity contribution in [1.29, 1.82) is 0 Å². The third-order valence-electron chi connectivity index (χ3n) is 5.31. The number of rotatable bonds is 6. The number of halogens is 6. The van der Waals surface area contributed by atoms with E-state index in [2.05, 4.69) is 0 Å². The maximum absolute atomic E-state index is 13.7. The van der Waals surface area contributed by atoms with Crippen molar-refractivity contribution < 1.29 is 40.6 Å². The van der Waals surface area contributed by atoms with Gasteiger partial charge in [-0.2, -0.15) is 13.2 Å². The average Bonchev–Trinajstić information content (AvgIpc) is 2.79. The summed E-state index contributed by atoms with van der Waals surface area (Å²) in [6.07, 6.45) is 0.616. The van der Waals surface area contributed by atoms with E-state index in [9.17, 15) is 31.1 Å². The van der Waals surface area contributed by atoms with Crippen molar-refractivity contribution >= 4 is 5.97 Å². The smallest absolute Gasteiger partial charge is 0.416 e. The van der Waals surface area contributed by atoms with Crippen LogP contribution in [0.2, 0.25) is 0 Å². The number of hydrogen-bond donors (Lipinski definition) is 0. The van der Waals surface area contributed by atoms with Crippen LogP contribution in [0.15, 0.2) is 65.8 Å². The highest BCUT2D eigenvalue weighted by Crippen LogP contribution is 2.38. The molecule has 3 rings (SSSR count). The van der Waals surface area contributed by atoms with Gasteiger partial charge in [-0.3, -0.25) is 4.79 Å². The number of allylic oxidation sites excluding steroid dienone is 5. The minimum absolute atomic E-state index is 0.0274. The molecule has 0 spiro atoms. The van der Waals surface area contributed by atoms with Gasteiger partial charge in [0.2, 0.25) is 0 Å². The molecule has 0 saturated carbocycles. The number of esters is 1. The predicted octanol–water partition coefficient (Wildman–Crippen LogP) is 7.65. The Bertz CT molecular complexity index is 1180. The number of benzene rings is 2. The minimum atomic E-state index is -4.48. The van der Waals surface area contributed by atoms with Crippen molar-refractivity contribution in [2.45, 2.75) is 38.3 Å². The van der Waals surface area contributed by atoms with Gasteiger partial charge >= 0.3 is 12.1 Å². The van der Waals surface area contributed by atoms with E-state index in [4.69, 9.17) is 9.47 Å². The Balaban J connectivity index is 2.07. The SMILES string of the molecule is COC(=O)C(C=C(C)C)c1cc(Oc2cc(F)c(F)c(F)c2)cc(C2C=CC(C(F)(F)F)=CC2)c1. The molecule has 3 nitrogen and oxygen atoms in total. The van der Waals surface area contributed by atoms with Crippen molar-refractivity contribution in [3.05, 3.63) is 94.4 Å². The molecule has 2 aromatic rings. The lowest BCUT2D eigenvalue weighted by atomic mass is 9.86. The first-order valence-electron chi connectivity index (χ1n) is 10.5. The minimum Gasteiger partial charge on any atom is -0.468 e. The highest BCUT2D eigenvalue weighted by molar-refractivity contribution is 5.80. The fourth-order valence-corrected chi connectivity index (χ4v) is 3.66. The van der Waals surface area contributed by atoms with Gasteiger partial charge in [-0.05, 0) is 43.5 Å². The van der Waals surface area contributed by atoms with E-state index in [0.29, 0.717) is 23.3 Å². The van der Waals surface area contributed by atoms with Crippen LogP contribution < -0.4 is 4.74 Å². The van der Waals surface area contributed by atoms with E-state index < -0.39 is 47.0 Å². The van der Waals surface area contributed by atoms with Crippen LogP contribution in [0, 0.1) is 17.5 Å². The Kier molecular flexibility index (Phi) is 7.77. The molecule has 2 atom stereocenters. The number of hydrogen-bond acceptors (Lipinski definition) is 3. The number of alkyl halides is 3. The van der Waals surface area contributed by atoms with Crippen molar-refractivity contribution in [1.82, 2.24) is 0 Å². The first-order chi connectivity index (χ1) is 16.4. The topological polar surface area (TPSA) is 35.5 Å². The van der Waals surface area contributed by atoms with Crippen LogP contribution in [0.3, 0.4) is 0 Å². The summed E-state index contributed by atoms with van der Waals surface area (Å²) in [4.78, 5) is 12.5. The second-order valence-corrected chi connectivity index (χ2v) is 8.24. The third-order valence-corrected chi connectivity index (χ3v) is 5.31. The summed E-state index contributed by atoms with van der Waals surface area (Å²) >= 11 is 0. The summed E-state index contributed by atoms with van der Waals surface area (Å²) in [6, 6.07) is 5.91. The van der Waals surface area contributed by atoms with E-state index >= 15 is 0 Å². The van der Waals surface area contributed by atoms with E-state index in [1.54, 1.807) is 26.0 Å². The largest absolute Gasteiger partial charge is 0.468 e. The van der Waals surface area contributed by atoms with Gasteiger partial charge in [-0.1, -0.05) is 35.9 Å². The van der Waals surface area contributed by atoms with Gasteiger partial charge < -0.3 is 9.47 Å². The summed E-state index contributed by atoms with van der Waals surface area (Å²) < 4.78 is 90.2. The van der Waals surface area contributed by atoms with Crippen LogP contribution in [0.1, 0.15) is 43.2 Å². The maximum atomic E-state index is 13.7. The summed E-state index contributed by atoms with van der Waals surface area (Å²) in [5.74, 6) is -6.79. The molecule has 1 aliphatic rings. The Morgan fingerprint density at radius 3 is 2.17 bits per heavy atom. The molecule has 0 radical (unpaired) electrons. The summed E-state index contributed by atoms with van der Waals surface area (Å²) in [5, 5.41) is 0. The van der Waals surface area contributed by atoms with Crippen LogP contribution in [-0.4, -0.2) is 19.3 Å². The van der Waals surface area contributed by atoms with Crippen molar-refractivity contribution in [2.75, 3.05) is 7.11 Å². The molecule has 0 saturated heterocycles. The summed E-state index contributed by atoms with van der Waals surface area (Å²) in [6.45, 7) is 3.54. The summed E-state index contributed by atoms with van der Waals surface area (Å²) in [5.41, 5.74) is 0.930. The van der Waals surface area contributed by atoms with Crippen LogP contribution in [0.4, 0.5) is 26.3 Å². The van der Waals surface area contributed by atoms with Crippen LogP contribution in [0.25, 0.3) is 0 Å². The normalized spacial score (nSPS) is 16.4. The predicted molar refractivity (Wildman–Crippen MR) is 118 cm³/mol. The standard InChI is InChI=1S/C26H22F6O3/c1-14(2)8-21(25(33)34-3)17-9-16(15-4-6-18(7-5-15)26(30,31)32)10-19(11-17)35-20-12-22(27)24(29)23(28)13-20/h4,6-13,15,21H,5H2,1-3H3. The number of methoxy groups -OCH3 is 1. The lowest BCUT2D eigenvalue weighted by Crippen LogP contribution is -2.14. The Labute approximate surface area is 198 Å². The second kappa shape index (κ2) is 10.4. The molecule has 0 amide bonds. The third kappa shape index (κ3) is 6.35. The van der Waals surface area contributed by atoms with E-state index in [-0.39, 0.29) is 17.9 Å². The van der Waals surface area contributed by atoms with Crippen LogP contribution in [0.5, 0.6) is 11.5 Å². The molecule has 0 heterocycles. The molecule has 9 heteroatoms. The molecule has 35 heavy (non-hydrogen) atoms. The van der Waals surface area contributed by atoms with E-state index in [1.807, 2.05) is 0 Å². The number of carbonyl (C=O) groups is 1. The zero-order valence-electron chi connectivity index (χ0n) is 19.1. The molecule has 0 N–H and O–H groups in total. The first kappa shape index (κ1) is 26.1. The van der Waals surface area contributed by atoms with Gasteiger partial charge in [0.05, 0.1) is 12.7 Å². The molecule has 0 fully saturated rings. The zero-order chi connectivity index (χ0) is 25.9. The molecule has 1 aliphatic carbocycles. The van der Waals surface area contributed by atoms with Crippen LogP contribution >= 0.6 is 0 Å². The fourth-order valence-electron chi connectivity index (χ4n) is 3.66. The highest BCUT2D eigenvalue weighted by Gasteiger charge is 2.33.